The summed E-state index contributed by atoms with van der Waals surface area (Å²) in [5.41, 5.74) is 2.28. The predicted octanol–water partition coefficient (Wildman–Crippen LogP) is 3.48. The lowest BCUT2D eigenvalue weighted by Crippen LogP contribution is -2.55. The van der Waals surface area contributed by atoms with E-state index in [0.717, 1.165) is 66.6 Å². The quantitative estimate of drug-likeness (QED) is 0.466. The number of piperidine rings is 1. The second-order valence-electron chi connectivity index (χ2n) is 9.52. The van der Waals surface area contributed by atoms with Crippen LogP contribution in [0.25, 0.3) is 11.1 Å². The second-order valence-corrected chi connectivity index (χ2v) is 9.52. The highest BCUT2D eigenvalue weighted by molar-refractivity contribution is 5.96. The molecule has 170 valence electrons. The monoisotopic (exact) mass is 444 g/mol. The summed E-state index contributed by atoms with van der Waals surface area (Å²) in [7, 11) is 2.23. The molecule has 2 heterocycles. The zero-order valence-corrected chi connectivity index (χ0v) is 19.0. The molecule has 2 aliphatic rings. The van der Waals surface area contributed by atoms with Crippen molar-refractivity contribution in [2.24, 2.45) is 0 Å². The number of carbonyl (C=O) groups excluding carboxylic acids is 1. The Labute approximate surface area is 194 Å². The molecule has 2 atom stereocenters. The number of likely N-dealkylation sites (tertiary alicyclic amines) is 1. The standard InChI is InChI=1S/C27H30N3O3/c1-30(16-6-8-20-14-15-28-19-29-20)17-7-9-21(18-30)33-26(31)27(32)24-12-4-2-10-22(24)23-11-3-5-13-25(23)27/h2-5,10-15,19,21,32H,6-9,16-18H2,1H3/q+1. The molecule has 0 spiro atoms. The highest BCUT2D eigenvalue weighted by Gasteiger charge is 2.50. The van der Waals surface area contributed by atoms with Crippen molar-refractivity contribution in [1.82, 2.24) is 9.97 Å². The van der Waals surface area contributed by atoms with Crippen molar-refractivity contribution >= 4 is 5.97 Å². The first-order valence-electron chi connectivity index (χ1n) is 11.7. The van der Waals surface area contributed by atoms with Gasteiger partial charge in [0.05, 0.1) is 20.1 Å². The van der Waals surface area contributed by atoms with Gasteiger partial charge in [-0.1, -0.05) is 48.5 Å². The summed E-state index contributed by atoms with van der Waals surface area (Å²) in [6.45, 7) is 2.82. The van der Waals surface area contributed by atoms with Gasteiger partial charge in [-0.15, -0.1) is 0 Å². The van der Waals surface area contributed by atoms with Crippen LogP contribution in [-0.4, -0.2) is 58.3 Å². The maximum Gasteiger partial charge on any atom is 0.348 e. The maximum atomic E-state index is 13.5. The van der Waals surface area contributed by atoms with Gasteiger partial charge in [0, 0.05) is 35.9 Å². The number of hydrogen-bond acceptors (Lipinski definition) is 5. The summed E-state index contributed by atoms with van der Waals surface area (Å²) in [4.78, 5) is 21.8. The number of likely N-dealkylation sites (N-methyl/N-ethyl adjacent to an activating group) is 1. The van der Waals surface area contributed by atoms with Gasteiger partial charge in [0.25, 0.3) is 0 Å². The van der Waals surface area contributed by atoms with Gasteiger partial charge >= 0.3 is 5.97 Å². The average molecular weight is 445 g/mol. The molecule has 2 aromatic carbocycles. The third-order valence-electron chi connectivity index (χ3n) is 7.14. The van der Waals surface area contributed by atoms with E-state index in [1.165, 1.54) is 0 Å². The largest absolute Gasteiger partial charge is 0.454 e. The Kier molecular flexibility index (Phi) is 5.72. The Balaban J connectivity index is 1.29. The molecule has 6 heteroatoms. The summed E-state index contributed by atoms with van der Waals surface area (Å²) in [6, 6.07) is 17.1. The van der Waals surface area contributed by atoms with Crippen LogP contribution < -0.4 is 0 Å². The van der Waals surface area contributed by atoms with Gasteiger partial charge in [0.15, 0.2) is 6.10 Å². The van der Waals surface area contributed by atoms with Crippen LogP contribution in [0, 0.1) is 0 Å². The number of rotatable bonds is 6. The van der Waals surface area contributed by atoms with Crippen molar-refractivity contribution in [1.29, 1.82) is 0 Å². The minimum atomic E-state index is -1.76. The van der Waals surface area contributed by atoms with Gasteiger partial charge in [-0.3, -0.25) is 0 Å². The number of nitrogens with zero attached hydrogens (tertiary/aromatic N) is 3. The molecule has 1 N–H and O–H groups in total. The number of quaternary nitrogens is 1. The lowest BCUT2D eigenvalue weighted by molar-refractivity contribution is -0.917. The predicted molar refractivity (Wildman–Crippen MR) is 125 cm³/mol. The van der Waals surface area contributed by atoms with Gasteiger partial charge in [0.1, 0.15) is 12.9 Å². The van der Waals surface area contributed by atoms with E-state index in [-0.39, 0.29) is 6.10 Å². The topological polar surface area (TPSA) is 72.3 Å². The molecule has 33 heavy (non-hydrogen) atoms. The first-order valence-corrected chi connectivity index (χ1v) is 11.7. The van der Waals surface area contributed by atoms with Crippen LogP contribution in [0.15, 0.2) is 67.1 Å². The zero-order valence-electron chi connectivity index (χ0n) is 19.0. The molecule has 1 aliphatic heterocycles. The molecule has 2 unspecified atom stereocenters. The average Bonchev–Trinajstić information content (AvgIpc) is 3.10. The number of aryl methyl sites for hydroxylation is 1. The van der Waals surface area contributed by atoms with Crippen LogP contribution >= 0.6 is 0 Å². The van der Waals surface area contributed by atoms with Gasteiger partial charge in [-0.05, 0) is 30.0 Å². The SMILES string of the molecule is C[N+]1(CCCc2ccncn2)CCCC(OC(=O)C2(O)c3ccccc3-c3ccccc32)C1. The molecule has 1 aromatic heterocycles. The minimum absolute atomic E-state index is 0.209. The zero-order chi connectivity index (χ0) is 22.9. The Morgan fingerprint density at radius 3 is 2.48 bits per heavy atom. The van der Waals surface area contributed by atoms with E-state index in [1.54, 1.807) is 12.5 Å². The number of carbonyl (C=O) groups is 1. The van der Waals surface area contributed by atoms with Crippen molar-refractivity contribution in [2.45, 2.75) is 37.4 Å². The van der Waals surface area contributed by atoms with Crippen LogP contribution in [0.3, 0.4) is 0 Å². The third-order valence-corrected chi connectivity index (χ3v) is 7.14. The first-order chi connectivity index (χ1) is 16.0. The van der Waals surface area contributed by atoms with Crippen LogP contribution in [0.1, 0.15) is 36.1 Å². The fraction of sp³-hybridized carbons (Fsp3) is 0.370. The number of hydrogen-bond donors (Lipinski definition) is 1. The fourth-order valence-corrected chi connectivity index (χ4v) is 5.45. The molecule has 1 saturated heterocycles. The Morgan fingerprint density at radius 1 is 1.12 bits per heavy atom. The van der Waals surface area contributed by atoms with Gasteiger partial charge in [-0.25, -0.2) is 14.8 Å². The van der Waals surface area contributed by atoms with E-state index in [4.69, 9.17) is 4.74 Å². The molecule has 1 fully saturated rings. The third kappa shape index (κ3) is 4.05. The van der Waals surface area contributed by atoms with E-state index >= 15 is 0 Å². The molecule has 5 rings (SSSR count). The van der Waals surface area contributed by atoms with Crippen LogP contribution in [0.2, 0.25) is 0 Å². The van der Waals surface area contributed by atoms with Crippen molar-refractivity contribution in [3.8, 4) is 11.1 Å². The number of aromatic nitrogens is 2. The summed E-state index contributed by atoms with van der Waals surface area (Å²) in [5.74, 6) is -0.570. The summed E-state index contributed by atoms with van der Waals surface area (Å²) >= 11 is 0. The van der Waals surface area contributed by atoms with Gasteiger partial charge < -0.3 is 14.3 Å². The van der Waals surface area contributed by atoms with Gasteiger partial charge in [-0.2, -0.15) is 0 Å². The van der Waals surface area contributed by atoms with Crippen LogP contribution in [0.4, 0.5) is 0 Å². The molecule has 0 radical (unpaired) electrons. The molecule has 1 aliphatic carbocycles. The molecular formula is C27H30N3O3+. The second kappa shape index (κ2) is 8.69. The van der Waals surface area contributed by atoms with Crippen molar-refractivity contribution < 1.29 is 19.1 Å². The number of fused-ring (bicyclic) bond motifs is 3. The molecule has 6 nitrogen and oxygen atoms in total. The molecule has 0 saturated carbocycles. The van der Waals surface area contributed by atoms with E-state index in [9.17, 15) is 9.90 Å². The summed E-state index contributed by atoms with van der Waals surface area (Å²) < 4.78 is 6.88. The molecule has 0 amide bonds. The molecule has 0 bridgehead atoms. The highest BCUT2D eigenvalue weighted by atomic mass is 16.6. The van der Waals surface area contributed by atoms with E-state index < -0.39 is 11.6 Å². The fourth-order valence-electron chi connectivity index (χ4n) is 5.45. The van der Waals surface area contributed by atoms with E-state index in [2.05, 4.69) is 17.0 Å². The maximum absolute atomic E-state index is 13.5. The van der Waals surface area contributed by atoms with E-state index in [0.29, 0.717) is 11.1 Å². The lowest BCUT2D eigenvalue weighted by atomic mass is 9.91. The van der Waals surface area contributed by atoms with Crippen molar-refractivity contribution in [3.05, 3.63) is 83.9 Å². The number of benzene rings is 2. The van der Waals surface area contributed by atoms with Crippen molar-refractivity contribution in [3.63, 3.8) is 0 Å². The normalized spacial score (nSPS) is 22.9. The Bertz CT molecular complexity index is 1100. The molecule has 3 aromatic rings. The highest BCUT2D eigenvalue weighted by Crippen LogP contribution is 2.48. The van der Waals surface area contributed by atoms with Gasteiger partial charge in [0.2, 0.25) is 5.60 Å². The number of aliphatic hydroxyl groups is 1. The first kappa shape index (κ1) is 21.7. The van der Waals surface area contributed by atoms with E-state index in [1.807, 2.05) is 54.6 Å². The van der Waals surface area contributed by atoms with Crippen LogP contribution in [0.5, 0.6) is 0 Å². The lowest BCUT2D eigenvalue weighted by Gasteiger charge is -2.41. The number of esters is 1. The van der Waals surface area contributed by atoms with Crippen LogP contribution in [-0.2, 0) is 21.6 Å². The minimum Gasteiger partial charge on any atom is -0.454 e. The Hall–Kier alpha value is -3.09. The Morgan fingerprint density at radius 2 is 1.82 bits per heavy atom. The summed E-state index contributed by atoms with van der Waals surface area (Å²) in [5, 5.41) is 11.7. The number of ether oxygens (including phenoxy) is 1. The molecular weight excluding hydrogens is 414 g/mol. The summed E-state index contributed by atoms with van der Waals surface area (Å²) in [6.07, 6.45) is 6.90. The van der Waals surface area contributed by atoms with Crippen molar-refractivity contribution in [2.75, 3.05) is 26.7 Å². The smallest absolute Gasteiger partial charge is 0.348 e.